The van der Waals surface area contributed by atoms with Crippen molar-refractivity contribution in [1.82, 2.24) is 4.90 Å². The highest BCUT2D eigenvalue weighted by atomic mass is 16.7. The molecule has 0 N–H and O–H groups in total. The van der Waals surface area contributed by atoms with Crippen LogP contribution in [0.3, 0.4) is 0 Å². The number of benzene rings is 1. The lowest BCUT2D eigenvalue weighted by Crippen LogP contribution is -2.46. The maximum absolute atomic E-state index is 12.6. The number of carbonyl (C=O) groups is 1. The first-order valence-electron chi connectivity index (χ1n) is 11.4. The number of likely N-dealkylation sites (tertiary alicyclic amines) is 1. The summed E-state index contributed by atoms with van der Waals surface area (Å²) < 4.78 is 17.9. The monoisotopic (exact) mass is 413 g/mol. The molecule has 1 aromatic carbocycles. The number of hydrogen-bond acceptors (Lipinski definition) is 4. The van der Waals surface area contributed by atoms with E-state index < -0.39 is 0 Å². The molecule has 5 nitrogen and oxygen atoms in total. The molecule has 0 radical (unpaired) electrons. The largest absolute Gasteiger partial charge is 0.494 e. The van der Waals surface area contributed by atoms with E-state index >= 15 is 0 Å². The first kappa shape index (κ1) is 21.9. The van der Waals surface area contributed by atoms with Crippen LogP contribution in [0.1, 0.15) is 65.9 Å². The van der Waals surface area contributed by atoms with Crippen molar-refractivity contribution in [3.8, 4) is 0 Å². The molecule has 0 saturated carbocycles. The van der Waals surface area contributed by atoms with Gasteiger partial charge in [0.1, 0.15) is 6.10 Å². The second-order valence-electron chi connectivity index (χ2n) is 10.6. The van der Waals surface area contributed by atoms with Crippen LogP contribution in [0.15, 0.2) is 24.3 Å². The zero-order chi connectivity index (χ0) is 21.6. The van der Waals surface area contributed by atoms with Gasteiger partial charge in [-0.25, -0.2) is 0 Å². The topological polar surface area (TPSA) is 48.0 Å². The summed E-state index contributed by atoms with van der Waals surface area (Å²) in [6.45, 7) is 13.1. The minimum atomic E-state index is -0.321. The summed E-state index contributed by atoms with van der Waals surface area (Å²) in [4.78, 5) is 14.6. The number of rotatable bonds is 4. The second kappa shape index (κ2) is 7.96. The molecule has 0 aromatic heterocycles. The molecule has 3 saturated heterocycles. The van der Waals surface area contributed by atoms with E-state index in [-0.39, 0.29) is 35.7 Å². The van der Waals surface area contributed by atoms with Gasteiger partial charge < -0.3 is 18.9 Å². The highest BCUT2D eigenvalue weighted by molar-refractivity contribution is 6.62. The number of piperidine rings is 1. The van der Waals surface area contributed by atoms with Gasteiger partial charge in [0.25, 0.3) is 5.91 Å². The van der Waals surface area contributed by atoms with Crippen molar-refractivity contribution in [3.63, 3.8) is 0 Å². The lowest BCUT2D eigenvalue weighted by atomic mass is 9.74. The summed E-state index contributed by atoms with van der Waals surface area (Å²) in [5, 5.41) is 0. The predicted molar refractivity (Wildman–Crippen MR) is 119 cm³/mol. The van der Waals surface area contributed by atoms with Gasteiger partial charge in [-0.2, -0.15) is 0 Å². The summed E-state index contributed by atoms with van der Waals surface area (Å²) in [5.41, 5.74) is 1.98. The van der Waals surface area contributed by atoms with Gasteiger partial charge in [0.05, 0.1) is 11.2 Å². The maximum atomic E-state index is 12.6. The van der Waals surface area contributed by atoms with E-state index in [0.717, 1.165) is 57.3 Å². The summed E-state index contributed by atoms with van der Waals surface area (Å²) >= 11 is 0. The molecular weight excluding hydrogens is 377 g/mol. The van der Waals surface area contributed by atoms with Crippen molar-refractivity contribution in [2.24, 2.45) is 5.41 Å². The van der Waals surface area contributed by atoms with E-state index in [1.807, 2.05) is 4.90 Å². The Hall–Kier alpha value is -1.37. The van der Waals surface area contributed by atoms with Crippen LogP contribution >= 0.6 is 0 Å². The minimum Gasteiger partial charge on any atom is -0.399 e. The zero-order valence-electron chi connectivity index (χ0n) is 19.2. The highest BCUT2D eigenvalue weighted by Gasteiger charge is 2.51. The van der Waals surface area contributed by atoms with Crippen molar-refractivity contribution >= 4 is 18.5 Å². The molecule has 30 heavy (non-hydrogen) atoms. The number of hydrogen-bond donors (Lipinski definition) is 0. The van der Waals surface area contributed by atoms with Gasteiger partial charge in [-0.15, -0.1) is 0 Å². The van der Waals surface area contributed by atoms with Gasteiger partial charge in [0.15, 0.2) is 0 Å². The van der Waals surface area contributed by atoms with Crippen LogP contribution in [-0.2, 0) is 25.3 Å². The fourth-order valence-corrected chi connectivity index (χ4v) is 4.68. The Balaban J connectivity index is 1.33. The average Bonchev–Trinajstić information content (AvgIpc) is 3.29. The molecule has 1 atom stereocenters. The molecule has 3 fully saturated rings. The third-order valence-electron chi connectivity index (χ3n) is 7.62. The van der Waals surface area contributed by atoms with Gasteiger partial charge in [-0.3, -0.25) is 4.79 Å². The second-order valence-corrected chi connectivity index (χ2v) is 10.6. The molecule has 1 aromatic rings. The number of ether oxygens (including phenoxy) is 1. The molecule has 6 heteroatoms. The Bertz CT molecular complexity index is 746. The lowest BCUT2D eigenvalue weighted by molar-refractivity contribution is -0.143. The molecule has 3 aliphatic rings. The molecule has 0 unspecified atom stereocenters. The number of nitrogens with zero attached hydrogens (tertiary/aromatic N) is 1. The minimum absolute atomic E-state index is 0.196. The van der Waals surface area contributed by atoms with Crippen LogP contribution in [0, 0.1) is 5.41 Å². The quantitative estimate of drug-likeness (QED) is 0.711. The van der Waals surface area contributed by atoms with Crippen LogP contribution < -0.4 is 5.46 Å². The molecule has 3 heterocycles. The SMILES string of the molecule is CC1(Cc2ccc(B3OC(C)(C)C(C)(C)O3)cc2)CCN(C(=O)[C@H]2CCCO2)CC1. The molecule has 0 spiro atoms. The van der Waals surface area contributed by atoms with Crippen LogP contribution in [0.5, 0.6) is 0 Å². The van der Waals surface area contributed by atoms with Crippen LogP contribution in [0.4, 0.5) is 0 Å². The van der Waals surface area contributed by atoms with Crippen LogP contribution in [0.2, 0.25) is 0 Å². The van der Waals surface area contributed by atoms with Gasteiger partial charge in [0.2, 0.25) is 0 Å². The van der Waals surface area contributed by atoms with E-state index in [2.05, 4.69) is 58.9 Å². The first-order valence-corrected chi connectivity index (χ1v) is 11.4. The Kier molecular flexibility index (Phi) is 5.80. The molecule has 0 aliphatic carbocycles. The van der Waals surface area contributed by atoms with Gasteiger partial charge in [-0.05, 0) is 76.2 Å². The maximum Gasteiger partial charge on any atom is 0.494 e. The fraction of sp³-hybridized carbons (Fsp3) is 0.708. The fourth-order valence-electron chi connectivity index (χ4n) is 4.68. The van der Waals surface area contributed by atoms with E-state index in [9.17, 15) is 4.79 Å². The van der Waals surface area contributed by atoms with Gasteiger partial charge in [-0.1, -0.05) is 31.2 Å². The summed E-state index contributed by atoms with van der Waals surface area (Å²) in [5.74, 6) is 0.196. The predicted octanol–water partition coefficient (Wildman–Crippen LogP) is 3.34. The van der Waals surface area contributed by atoms with E-state index in [4.69, 9.17) is 14.0 Å². The third-order valence-corrected chi connectivity index (χ3v) is 7.62. The zero-order valence-corrected chi connectivity index (χ0v) is 19.2. The van der Waals surface area contributed by atoms with Crippen molar-refractivity contribution < 1.29 is 18.8 Å². The number of amides is 1. The highest BCUT2D eigenvalue weighted by Crippen LogP contribution is 2.37. The van der Waals surface area contributed by atoms with Crippen LogP contribution in [0.25, 0.3) is 0 Å². The molecule has 3 aliphatic heterocycles. The Morgan fingerprint density at radius 2 is 1.63 bits per heavy atom. The van der Waals surface area contributed by atoms with Gasteiger partial charge >= 0.3 is 7.12 Å². The van der Waals surface area contributed by atoms with Crippen LogP contribution in [-0.4, -0.2) is 54.9 Å². The summed E-state index contributed by atoms with van der Waals surface area (Å²) in [7, 11) is -0.313. The summed E-state index contributed by atoms with van der Waals surface area (Å²) in [6, 6.07) is 8.68. The molecule has 164 valence electrons. The van der Waals surface area contributed by atoms with Crippen molar-refractivity contribution in [3.05, 3.63) is 29.8 Å². The Labute approximate surface area is 181 Å². The average molecular weight is 413 g/mol. The number of carbonyl (C=O) groups excluding carboxylic acids is 1. The lowest BCUT2D eigenvalue weighted by Gasteiger charge is -2.40. The first-order chi connectivity index (χ1) is 14.1. The Morgan fingerprint density at radius 3 is 2.17 bits per heavy atom. The van der Waals surface area contributed by atoms with Gasteiger partial charge in [0, 0.05) is 19.7 Å². The third kappa shape index (κ3) is 4.32. The summed E-state index contributed by atoms with van der Waals surface area (Å²) in [6.07, 6.45) is 4.77. The van der Waals surface area contributed by atoms with E-state index in [1.165, 1.54) is 5.56 Å². The Morgan fingerprint density at radius 1 is 1.03 bits per heavy atom. The van der Waals surface area contributed by atoms with E-state index in [1.54, 1.807) is 0 Å². The van der Waals surface area contributed by atoms with Crippen molar-refractivity contribution in [1.29, 1.82) is 0 Å². The molecule has 0 bridgehead atoms. The smallest absolute Gasteiger partial charge is 0.399 e. The molecule has 4 rings (SSSR count). The molecule has 1 amide bonds. The van der Waals surface area contributed by atoms with E-state index in [0.29, 0.717) is 0 Å². The normalized spacial score (nSPS) is 27.4. The van der Waals surface area contributed by atoms with Crippen molar-refractivity contribution in [2.75, 3.05) is 19.7 Å². The standard InChI is InChI=1S/C24H36BNO4/c1-22(2)23(3,4)30-25(29-22)19-10-8-18(9-11-19)17-24(5)12-14-26(15-13-24)21(27)20-7-6-16-28-20/h8-11,20H,6-7,12-17H2,1-5H3/t20-/m1/s1. The van der Waals surface area contributed by atoms with Crippen molar-refractivity contribution in [2.45, 2.75) is 84.0 Å². The molecular formula is C24H36BNO4.